The summed E-state index contributed by atoms with van der Waals surface area (Å²) in [6.07, 6.45) is -4.85. The lowest BCUT2D eigenvalue weighted by atomic mass is 10.1. The van der Waals surface area contributed by atoms with Crippen molar-refractivity contribution in [2.75, 3.05) is 5.32 Å². The SMILES string of the molecule is C[C@H]([NH2+][C@@H](C)c1ccccc1Cl)C(=O)Nc1ccc([N+](=O)[O-])cc1C(F)(F)F. The third-order valence-electron chi connectivity index (χ3n) is 4.16. The molecule has 0 aromatic heterocycles. The molecule has 2 atom stereocenters. The minimum absolute atomic E-state index is 0.214. The molecule has 0 saturated heterocycles. The average molecular weight is 417 g/mol. The molecule has 0 saturated carbocycles. The number of carbonyl (C=O) groups is 1. The van der Waals surface area contributed by atoms with Crippen LogP contribution in [0.1, 0.15) is 31.0 Å². The van der Waals surface area contributed by atoms with Crippen LogP contribution in [0.5, 0.6) is 0 Å². The second-order valence-electron chi connectivity index (χ2n) is 6.27. The Labute approximate surface area is 163 Å². The number of carbonyl (C=O) groups excluding carboxylic acids is 1. The molecule has 0 fully saturated rings. The molecule has 150 valence electrons. The van der Waals surface area contributed by atoms with E-state index in [9.17, 15) is 28.1 Å². The summed E-state index contributed by atoms with van der Waals surface area (Å²) >= 11 is 6.12. The van der Waals surface area contributed by atoms with Crippen LogP contribution in [0.4, 0.5) is 24.5 Å². The normalized spacial score (nSPS) is 13.6. The molecule has 3 N–H and O–H groups in total. The van der Waals surface area contributed by atoms with Crippen molar-refractivity contribution in [2.45, 2.75) is 32.1 Å². The van der Waals surface area contributed by atoms with Gasteiger partial charge in [0.25, 0.3) is 11.6 Å². The zero-order valence-corrected chi connectivity index (χ0v) is 15.7. The maximum Gasteiger partial charge on any atom is 0.418 e. The van der Waals surface area contributed by atoms with Gasteiger partial charge in [-0.05, 0) is 26.0 Å². The molecule has 28 heavy (non-hydrogen) atoms. The molecule has 0 aliphatic carbocycles. The van der Waals surface area contributed by atoms with Crippen LogP contribution in [0, 0.1) is 10.1 Å². The van der Waals surface area contributed by atoms with E-state index in [2.05, 4.69) is 5.32 Å². The van der Waals surface area contributed by atoms with Crippen molar-refractivity contribution in [3.8, 4) is 0 Å². The Morgan fingerprint density at radius 3 is 2.43 bits per heavy atom. The Kier molecular flexibility index (Phi) is 6.63. The maximum atomic E-state index is 13.2. The number of alkyl halides is 3. The van der Waals surface area contributed by atoms with Gasteiger partial charge in [-0.2, -0.15) is 13.2 Å². The predicted octanol–water partition coefficient (Wildman–Crippen LogP) is 3.92. The third-order valence-corrected chi connectivity index (χ3v) is 4.51. The molecule has 0 bridgehead atoms. The van der Waals surface area contributed by atoms with Gasteiger partial charge in [-0.3, -0.25) is 14.9 Å². The number of nitrogens with two attached hydrogens (primary N) is 1. The fraction of sp³-hybridized carbons (Fsp3) is 0.278. The topological polar surface area (TPSA) is 88.8 Å². The van der Waals surface area contributed by atoms with Gasteiger partial charge in [0.1, 0.15) is 6.04 Å². The number of halogens is 4. The quantitative estimate of drug-likeness (QED) is 0.552. The van der Waals surface area contributed by atoms with E-state index in [-0.39, 0.29) is 6.04 Å². The summed E-state index contributed by atoms with van der Waals surface area (Å²) in [6.45, 7) is 3.36. The van der Waals surface area contributed by atoms with Crippen LogP contribution < -0.4 is 10.6 Å². The van der Waals surface area contributed by atoms with Crippen LogP contribution in [0.15, 0.2) is 42.5 Å². The van der Waals surface area contributed by atoms with Crippen molar-refractivity contribution in [2.24, 2.45) is 0 Å². The number of hydrogen-bond donors (Lipinski definition) is 2. The number of rotatable bonds is 6. The number of nitro groups is 1. The molecule has 0 aliphatic rings. The molecule has 0 unspecified atom stereocenters. The first-order chi connectivity index (χ1) is 13.0. The van der Waals surface area contributed by atoms with Crippen molar-refractivity contribution in [3.05, 3.63) is 68.7 Å². The Balaban J connectivity index is 2.17. The summed E-state index contributed by atoms with van der Waals surface area (Å²) in [5.74, 6) is -0.668. The lowest BCUT2D eigenvalue weighted by Crippen LogP contribution is -2.91. The van der Waals surface area contributed by atoms with Gasteiger partial charge in [0.05, 0.1) is 16.2 Å². The van der Waals surface area contributed by atoms with Crippen molar-refractivity contribution < 1.29 is 28.2 Å². The fourth-order valence-corrected chi connectivity index (χ4v) is 3.01. The van der Waals surface area contributed by atoms with E-state index in [0.717, 1.165) is 17.7 Å². The van der Waals surface area contributed by atoms with Crippen molar-refractivity contribution in [1.82, 2.24) is 0 Å². The first-order valence-corrected chi connectivity index (χ1v) is 8.64. The maximum absolute atomic E-state index is 13.2. The molecule has 0 heterocycles. The highest BCUT2D eigenvalue weighted by Gasteiger charge is 2.36. The van der Waals surface area contributed by atoms with E-state index in [0.29, 0.717) is 11.1 Å². The molecule has 0 radical (unpaired) electrons. The first kappa shape index (κ1) is 21.6. The van der Waals surface area contributed by atoms with Gasteiger partial charge in [-0.15, -0.1) is 0 Å². The van der Waals surface area contributed by atoms with E-state index in [1.165, 1.54) is 0 Å². The smallest absolute Gasteiger partial charge is 0.330 e. The minimum atomic E-state index is -4.85. The molecular formula is C18H18ClF3N3O3+. The summed E-state index contributed by atoms with van der Waals surface area (Å²) in [6, 6.07) is 8.30. The number of nitrogens with zero attached hydrogens (tertiary/aromatic N) is 1. The second kappa shape index (κ2) is 8.57. The average Bonchev–Trinajstić information content (AvgIpc) is 2.61. The van der Waals surface area contributed by atoms with Crippen LogP contribution in [-0.4, -0.2) is 16.9 Å². The molecule has 1 amide bonds. The Morgan fingerprint density at radius 2 is 1.86 bits per heavy atom. The van der Waals surface area contributed by atoms with Crippen LogP contribution >= 0.6 is 11.6 Å². The molecular weight excluding hydrogens is 399 g/mol. The molecule has 6 nitrogen and oxygen atoms in total. The Hall–Kier alpha value is -2.65. The van der Waals surface area contributed by atoms with E-state index in [1.807, 2.05) is 6.92 Å². The number of non-ortho nitro benzene ring substituents is 1. The molecule has 0 spiro atoms. The summed E-state index contributed by atoms with van der Waals surface area (Å²) in [7, 11) is 0. The van der Waals surface area contributed by atoms with Gasteiger partial charge in [0.2, 0.25) is 0 Å². The standard InChI is InChI=1S/C18H17ClF3N3O3/c1-10(13-5-3-4-6-15(13)19)23-11(2)17(26)24-16-8-7-12(25(27)28)9-14(16)18(20,21)22/h3-11,23H,1-2H3,(H,24,26)/p+1/t10-,11-/m0/s1. The zero-order chi connectivity index (χ0) is 21.1. The molecule has 10 heteroatoms. The van der Waals surface area contributed by atoms with Crippen LogP contribution in [0.2, 0.25) is 5.02 Å². The monoisotopic (exact) mass is 416 g/mol. The number of nitro benzene ring substituents is 1. The number of quaternary nitrogens is 1. The van der Waals surface area contributed by atoms with E-state index in [1.54, 1.807) is 36.5 Å². The summed E-state index contributed by atoms with van der Waals surface area (Å²) < 4.78 is 39.7. The van der Waals surface area contributed by atoms with Crippen LogP contribution in [0.25, 0.3) is 0 Å². The number of nitrogens with one attached hydrogen (secondary N) is 1. The largest absolute Gasteiger partial charge is 0.418 e. The summed E-state index contributed by atoms with van der Waals surface area (Å²) in [4.78, 5) is 22.2. The number of anilines is 1. The number of amides is 1. The van der Waals surface area contributed by atoms with Crippen molar-refractivity contribution in [1.29, 1.82) is 0 Å². The van der Waals surface area contributed by atoms with E-state index < -0.39 is 40.0 Å². The van der Waals surface area contributed by atoms with Crippen LogP contribution in [0.3, 0.4) is 0 Å². The second-order valence-corrected chi connectivity index (χ2v) is 6.67. The van der Waals surface area contributed by atoms with Crippen LogP contribution in [-0.2, 0) is 11.0 Å². The zero-order valence-electron chi connectivity index (χ0n) is 15.0. The molecule has 2 aromatic carbocycles. The molecule has 2 rings (SSSR count). The predicted molar refractivity (Wildman–Crippen MR) is 98.0 cm³/mol. The fourth-order valence-electron chi connectivity index (χ4n) is 2.70. The van der Waals surface area contributed by atoms with E-state index >= 15 is 0 Å². The van der Waals surface area contributed by atoms with E-state index in [4.69, 9.17) is 11.6 Å². The highest BCUT2D eigenvalue weighted by Crippen LogP contribution is 2.37. The van der Waals surface area contributed by atoms with Gasteiger partial charge in [0, 0.05) is 22.7 Å². The molecule has 2 aromatic rings. The Morgan fingerprint density at radius 1 is 1.21 bits per heavy atom. The summed E-state index contributed by atoms with van der Waals surface area (Å²) in [5, 5.41) is 15.1. The van der Waals surface area contributed by atoms with Crippen molar-refractivity contribution in [3.63, 3.8) is 0 Å². The lowest BCUT2D eigenvalue weighted by Gasteiger charge is -2.19. The minimum Gasteiger partial charge on any atom is -0.330 e. The highest BCUT2D eigenvalue weighted by atomic mass is 35.5. The van der Waals surface area contributed by atoms with Gasteiger partial charge in [-0.1, -0.05) is 29.8 Å². The first-order valence-electron chi connectivity index (χ1n) is 8.26. The van der Waals surface area contributed by atoms with Crippen molar-refractivity contribution >= 4 is 28.9 Å². The van der Waals surface area contributed by atoms with Gasteiger partial charge in [-0.25, -0.2) is 0 Å². The van der Waals surface area contributed by atoms with Gasteiger partial charge < -0.3 is 10.6 Å². The lowest BCUT2D eigenvalue weighted by molar-refractivity contribution is -0.709. The summed E-state index contributed by atoms with van der Waals surface area (Å²) in [5.41, 5.74) is -1.73. The third kappa shape index (κ3) is 5.20. The van der Waals surface area contributed by atoms with Gasteiger partial charge in [0.15, 0.2) is 6.04 Å². The number of benzene rings is 2. The van der Waals surface area contributed by atoms with Gasteiger partial charge >= 0.3 is 6.18 Å². The molecule has 0 aliphatic heterocycles. The highest BCUT2D eigenvalue weighted by molar-refractivity contribution is 6.31. The number of hydrogen-bond acceptors (Lipinski definition) is 3. The Bertz CT molecular complexity index is 890.